The summed E-state index contributed by atoms with van der Waals surface area (Å²) in [7, 11) is 5.67. The Labute approximate surface area is 216 Å². The number of nitrogens with zero attached hydrogens (tertiary/aromatic N) is 7. The van der Waals surface area contributed by atoms with Crippen LogP contribution in [0, 0.1) is 0 Å². The number of pyridine rings is 1. The summed E-state index contributed by atoms with van der Waals surface area (Å²) in [5.74, 6) is 1.16. The molecule has 3 fully saturated rings. The minimum atomic E-state index is -0.0286. The van der Waals surface area contributed by atoms with Gasteiger partial charge in [-0.05, 0) is 50.9 Å². The third kappa shape index (κ3) is 4.33. The number of likely N-dealkylation sites (N-methyl/N-ethyl adjacent to an activating group) is 1. The third-order valence-corrected chi connectivity index (χ3v) is 8.28. The van der Waals surface area contributed by atoms with E-state index in [9.17, 15) is 9.59 Å². The Morgan fingerprint density at radius 3 is 2.54 bits per heavy atom. The normalized spacial score (nSPS) is 22.6. The van der Waals surface area contributed by atoms with E-state index in [1.807, 2.05) is 23.1 Å². The minimum Gasteiger partial charge on any atom is -0.343 e. The SMILES string of the molecule is CN(C)C(=O)c1cc2cnc(Nc3ccc(N4CC5CC[C@@H](CC4=O)N5C)cn3)nc2n1C1CCCC1. The Hall–Kier alpha value is -3.53. The molecule has 6 rings (SSSR count). The van der Waals surface area contributed by atoms with Gasteiger partial charge in [-0.25, -0.2) is 9.97 Å². The molecule has 1 aliphatic carbocycles. The molecule has 10 nitrogen and oxygen atoms in total. The standard InChI is InChI=1S/C27H34N8O2/c1-32(2)26(37)22-12-17-14-29-27(31-25(17)35(22)18-6-4-5-7-18)30-23-11-10-20(15-28-23)34-16-21-9-8-19(33(21)3)13-24(34)36/h10-12,14-15,18-19,21H,4-9,13,16H2,1-3H3,(H,28,29,30,31)/t19-,21?/m0/s1. The number of rotatable bonds is 5. The number of nitrogens with one attached hydrogen (secondary N) is 1. The second-order valence-electron chi connectivity index (χ2n) is 10.8. The van der Waals surface area contributed by atoms with Crippen LogP contribution in [0.1, 0.15) is 61.5 Å². The quantitative estimate of drug-likeness (QED) is 0.569. The average Bonchev–Trinajstić information content (AvgIpc) is 3.60. The number of hydrogen-bond donors (Lipinski definition) is 1. The van der Waals surface area contributed by atoms with Crippen molar-refractivity contribution in [2.75, 3.05) is 37.9 Å². The summed E-state index contributed by atoms with van der Waals surface area (Å²) in [5, 5.41) is 4.06. The summed E-state index contributed by atoms with van der Waals surface area (Å²) < 4.78 is 2.10. The summed E-state index contributed by atoms with van der Waals surface area (Å²) in [6.07, 6.45) is 10.7. The third-order valence-electron chi connectivity index (χ3n) is 8.28. The van der Waals surface area contributed by atoms with Gasteiger partial charge in [-0.3, -0.25) is 14.5 Å². The number of fused-ring (bicyclic) bond motifs is 3. The number of anilines is 3. The van der Waals surface area contributed by atoms with Gasteiger partial charge < -0.3 is 19.7 Å². The zero-order valence-electron chi connectivity index (χ0n) is 21.7. The van der Waals surface area contributed by atoms with Crippen LogP contribution in [-0.4, -0.2) is 80.9 Å². The van der Waals surface area contributed by atoms with Crippen LogP contribution >= 0.6 is 0 Å². The van der Waals surface area contributed by atoms with Gasteiger partial charge in [0.05, 0.1) is 11.9 Å². The van der Waals surface area contributed by atoms with E-state index >= 15 is 0 Å². The number of carbonyl (C=O) groups excluding carboxylic acids is 2. The summed E-state index contributed by atoms with van der Waals surface area (Å²) in [6, 6.07) is 6.70. The first-order valence-electron chi connectivity index (χ1n) is 13.2. The maximum absolute atomic E-state index is 12.9. The molecule has 1 saturated carbocycles. The number of amides is 2. The molecule has 2 bridgehead atoms. The Kier molecular flexibility index (Phi) is 6.06. The minimum absolute atomic E-state index is 0.0286. The van der Waals surface area contributed by atoms with E-state index < -0.39 is 0 Å². The highest BCUT2D eigenvalue weighted by Crippen LogP contribution is 2.35. The van der Waals surface area contributed by atoms with Gasteiger partial charge in [-0.1, -0.05) is 12.8 Å². The van der Waals surface area contributed by atoms with Crippen molar-refractivity contribution in [3.8, 4) is 0 Å². The van der Waals surface area contributed by atoms with Crippen LogP contribution in [0.3, 0.4) is 0 Å². The molecular formula is C27H34N8O2. The van der Waals surface area contributed by atoms with Gasteiger partial charge in [0.25, 0.3) is 5.91 Å². The molecule has 2 aliphatic heterocycles. The highest BCUT2D eigenvalue weighted by Gasteiger charge is 2.38. The predicted molar refractivity (Wildman–Crippen MR) is 142 cm³/mol. The maximum atomic E-state index is 12.9. The fraction of sp³-hybridized carbons (Fsp3) is 0.519. The number of aromatic nitrogens is 4. The van der Waals surface area contributed by atoms with Crippen molar-refractivity contribution in [3.63, 3.8) is 0 Å². The Morgan fingerprint density at radius 1 is 1.03 bits per heavy atom. The van der Waals surface area contributed by atoms with Crippen molar-refractivity contribution in [2.45, 2.75) is 63.1 Å². The molecule has 3 aromatic rings. The topological polar surface area (TPSA) is 99.5 Å². The largest absolute Gasteiger partial charge is 0.343 e. The van der Waals surface area contributed by atoms with Crippen LogP contribution in [0.2, 0.25) is 0 Å². The smallest absolute Gasteiger partial charge is 0.270 e. The summed E-state index contributed by atoms with van der Waals surface area (Å²) in [4.78, 5) is 45.5. The second-order valence-corrected chi connectivity index (χ2v) is 10.8. The lowest BCUT2D eigenvalue weighted by molar-refractivity contribution is -0.119. The lowest BCUT2D eigenvalue weighted by Gasteiger charge is -2.25. The number of hydrogen-bond acceptors (Lipinski definition) is 7. The van der Waals surface area contributed by atoms with Crippen LogP contribution in [0.5, 0.6) is 0 Å². The van der Waals surface area contributed by atoms with Gasteiger partial charge in [0.1, 0.15) is 17.2 Å². The Bertz CT molecular complexity index is 1330. The lowest BCUT2D eigenvalue weighted by atomic mass is 10.1. The molecule has 0 aromatic carbocycles. The summed E-state index contributed by atoms with van der Waals surface area (Å²) in [5.41, 5.74) is 2.23. The van der Waals surface area contributed by atoms with Crippen LogP contribution in [-0.2, 0) is 4.79 Å². The highest BCUT2D eigenvalue weighted by molar-refractivity contribution is 5.98. The van der Waals surface area contributed by atoms with E-state index in [0.29, 0.717) is 42.5 Å². The fourth-order valence-corrected chi connectivity index (χ4v) is 6.16. The zero-order valence-corrected chi connectivity index (χ0v) is 21.7. The van der Waals surface area contributed by atoms with Crippen molar-refractivity contribution in [1.29, 1.82) is 0 Å². The molecule has 2 saturated heterocycles. The van der Waals surface area contributed by atoms with Crippen LogP contribution in [0.15, 0.2) is 30.6 Å². The molecule has 10 heteroatoms. The van der Waals surface area contributed by atoms with Gasteiger partial charge in [0.15, 0.2) is 0 Å². The Morgan fingerprint density at radius 2 is 1.81 bits per heavy atom. The maximum Gasteiger partial charge on any atom is 0.270 e. The molecule has 2 amide bonds. The van der Waals surface area contributed by atoms with Gasteiger partial charge in [0.2, 0.25) is 11.9 Å². The van der Waals surface area contributed by atoms with E-state index in [-0.39, 0.29) is 17.9 Å². The molecule has 194 valence electrons. The molecule has 3 aliphatic rings. The molecular weight excluding hydrogens is 468 g/mol. The van der Waals surface area contributed by atoms with E-state index in [0.717, 1.165) is 55.2 Å². The first-order chi connectivity index (χ1) is 17.9. The van der Waals surface area contributed by atoms with Crippen molar-refractivity contribution in [1.82, 2.24) is 29.3 Å². The second kappa shape index (κ2) is 9.41. The van der Waals surface area contributed by atoms with E-state index in [2.05, 4.69) is 31.8 Å². The summed E-state index contributed by atoms with van der Waals surface area (Å²) in [6.45, 7) is 0.701. The Balaban J connectivity index is 1.25. The molecule has 1 unspecified atom stereocenters. The molecule has 2 atom stereocenters. The molecule has 37 heavy (non-hydrogen) atoms. The van der Waals surface area contributed by atoms with Crippen molar-refractivity contribution in [3.05, 3.63) is 36.3 Å². The van der Waals surface area contributed by atoms with E-state index in [1.54, 1.807) is 31.4 Å². The van der Waals surface area contributed by atoms with Crippen molar-refractivity contribution >= 4 is 40.3 Å². The molecule has 5 heterocycles. The lowest BCUT2D eigenvalue weighted by Crippen LogP contribution is -2.38. The average molecular weight is 503 g/mol. The molecule has 0 radical (unpaired) electrons. The van der Waals surface area contributed by atoms with E-state index in [1.165, 1.54) is 0 Å². The van der Waals surface area contributed by atoms with Gasteiger partial charge in [0, 0.05) is 56.8 Å². The van der Waals surface area contributed by atoms with Crippen LogP contribution < -0.4 is 10.2 Å². The monoisotopic (exact) mass is 502 g/mol. The predicted octanol–water partition coefficient (Wildman–Crippen LogP) is 3.59. The first-order valence-corrected chi connectivity index (χ1v) is 13.2. The van der Waals surface area contributed by atoms with E-state index in [4.69, 9.17) is 4.98 Å². The van der Waals surface area contributed by atoms with Gasteiger partial charge in [-0.15, -0.1) is 0 Å². The van der Waals surface area contributed by atoms with Gasteiger partial charge >= 0.3 is 0 Å². The highest BCUT2D eigenvalue weighted by atomic mass is 16.2. The van der Waals surface area contributed by atoms with Crippen molar-refractivity contribution in [2.24, 2.45) is 0 Å². The van der Waals surface area contributed by atoms with Crippen LogP contribution in [0.25, 0.3) is 11.0 Å². The summed E-state index contributed by atoms with van der Waals surface area (Å²) >= 11 is 0. The molecule has 0 spiro atoms. The van der Waals surface area contributed by atoms with Crippen LogP contribution in [0.4, 0.5) is 17.5 Å². The van der Waals surface area contributed by atoms with Crippen molar-refractivity contribution < 1.29 is 9.59 Å². The molecule has 1 N–H and O–H groups in total. The first kappa shape index (κ1) is 23.8. The number of carbonyl (C=O) groups is 2. The van der Waals surface area contributed by atoms with Gasteiger partial charge in [-0.2, -0.15) is 4.98 Å². The fourth-order valence-electron chi connectivity index (χ4n) is 6.16. The molecule has 3 aromatic heterocycles. The zero-order chi connectivity index (χ0) is 25.7.